The smallest absolute Gasteiger partial charge is 0.191 e. The number of aryl methyl sites for hydroxylation is 1. The van der Waals surface area contributed by atoms with Crippen molar-refractivity contribution in [2.45, 2.75) is 11.8 Å². The third kappa shape index (κ3) is 2.70. The summed E-state index contributed by atoms with van der Waals surface area (Å²) in [6.45, 7) is 1.82. The second-order valence-corrected chi connectivity index (χ2v) is 5.23. The lowest BCUT2D eigenvalue weighted by atomic mass is 10.2. The highest BCUT2D eigenvalue weighted by atomic mass is 32.2. The van der Waals surface area contributed by atoms with Gasteiger partial charge in [0.1, 0.15) is 11.6 Å². The van der Waals surface area contributed by atoms with E-state index in [0.717, 1.165) is 5.56 Å². The molecule has 1 rings (SSSR count). The van der Waals surface area contributed by atoms with E-state index in [1.54, 1.807) is 32.4 Å². The van der Waals surface area contributed by atoms with Gasteiger partial charge in [0, 0.05) is 0 Å². The van der Waals surface area contributed by atoms with Gasteiger partial charge in [-0.2, -0.15) is 0 Å². The van der Waals surface area contributed by atoms with Crippen LogP contribution in [0.15, 0.2) is 23.1 Å². The van der Waals surface area contributed by atoms with Crippen molar-refractivity contribution in [3.63, 3.8) is 0 Å². The molecule has 0 bridgehead atoms. The summed E-state index contributed by atoms with van der Waals surface area (Å²) < 4.78 is 28.4. The summed E-state index contributed by atoms with van der Waals surface area (Å²) in [6, 6.07) is 4.84. The average Bonchev–Trinajstić information content (AvgIpc) is 2.17. The average molecular weight is 229 g/mol. The van der Waals surface area contributed by atoms with E-state index in [9.17, 15) is 8.42 Å². The molecule has 4 nitrogen and oxygen atoms in total. The summed E-state index contributed by atoms with van der Waals surface area (Å²) in [5, 5.41) is 2.64. The van der Waals surface area contributed by atoms with Crippen molar-refractivity contribution in [3.05, 3.63) is 23.8 Å². The molecule has 0 fully saturated rings. The number of methoxy groups -OCH3 is 1. The quantitative estimate of drug-likeness (QED) is 0.835. The summed E-state index contributed by atoms with van der Waals surface area (Å²) >= 11 is 0. The monoisotopic (exact) mass is 229 g/mol. The Balaban J connectivity index is 3.13. The summed E-state index contributed by atoms with van der Waals surface area (Å²) in [4.78, 5) is 0.315. The highest BCUT2D eigenvalue weighted by molar-refractivity contribution is 7.91. The van der Waals surface area contributed by atoms with Crippen LogP contribution in [0, 0.1) is 6.92 Å². The van der Waals surface area contributed by atoms with Gasteiger partial charge in [-0.1, -0.05) is 0 Å². The lowest BCUT2D eigenvalue weighted by molar-refractivity contribution is 0.411. The van der Waals surface area contributed by atoms with Gasteiger partial charge in [0.2, 0.25) is 0 Å². The second kappa shape index (κ2) is 4.63. The van der Waals surface area contributed by atoms with Crippen LogP contribution in [0.1, 0.15) is 5.56 Å². The van der Waals surface area contributed by atoms with E-state index >= 15 is 0 Å². The van der Waals surface area contributed by atoms with Gasteiger partial charge in [0.05, 0.1) is 12.0 Å². The van der Waals surface area contributed by atoms with Crippen molar-refractivity contribution in [2.75, 3.05) is 20.0 Å². The molecule has 84 valence electrons. The molecule has 0 unspecified atom stereocenters. The SMILES string of the molecule is CNCS(=O)(=O)c1ccc(OC)c(C)c1. The van der Waals surface area contributed by atoms with Gasteiger partial charge in [0.15, 0.2) is 9.84 Å². The van der Waals surface area contributed by atoms with E-state index in [-0.39, 0.29) is 5.88 Å². The summed E-state index contributed by atoms with van der Waals surface area (Å²) in [6.07, 6.45) is 0. The zero-order chi connectivity index (χ0) is 11.5. The van der Waals surface area contributed by atoms with Crippen LogP contribution in [0.5, 0.6) is 5.75 Å². The van der Waals surface area contributed by atoms with E-state index in [2.05, 4.69) is 5.32 Å². The Morgan fingerprint density at radius 3 is 2.53 bits per heavy atom. The maximum Gasteiger partial charge on any atom is 0.191 e. The molecule has 0 amide bonds. The van der Waals surface area contributed by atoms with Crippen LogP contribution in [0.25, 0.3) is 0 Å². The minimum atomic E-state index is -3.22. The van der Waals surface area contributed by atoms with E-state index in [1.165, 1.54) is 0 Å². The first kappa shape index (κ1) is 12.0. The van der Waals surface area contributed by atoms with Crippen LogP contribution >= 0.6 is 0 Å². The van der Waals surface area contributed by atoms with Gasteiger partial charge < -0.3 is 10.1 Å². The van der Waals surface area contributed by atoms with Crippen molar-refractivity contribution < 1.29 is 13.2 Å². The standard InChI is InChI=1S/C10H15NO3S/c1-8-6-9(4-5-10(8)14-3)15(12,13)7-11-2/h4-6,11H,7H2,1-3H3. The highest BCUT2D eigenvalue weighted by Crippen LogP contribution is 2.21. The van der Waals surface area contributed by atoms with Gasteiger partial charge in [-0.25, -0.2) is 8.42 Å². The van der Waals surface area contributed by atoms with Gasteiger partial charge in [-0.05, 0) is 37.7 Å². The Kier molecular flexibility index (Phi) is 3.71. The molecule has 1 N–H and O–H groups in total. The first-order valence-corrected chi connectivity index (χ1v) is 6.18. The molecular weight excluding hydrogens is 214 g/mol. The molecule has 0 heterocycles. The zero-order valence-electron chi connectivity index (χ0n) is 9.07. The van der Waals surface area contributed by atoms with E-state index < -0.39 is 9.84 Å². The molecule has 0 saturated carbocycles. The fraction of sp³-hybridized carbons (Fsp3) is 0.400. The molecule has 0 aliphatic rings. The predicted octanol–water partition coefficient (Wildman–Crippen LogP) is 0.954. The fourth-order valence-electron chi connectivity index (χ4n) is 1.32. The number of hydrogen-bond donors (Lipinski definition) is 1. The summed E-state index contributed by atoms with van der Waals surface area (Å²) in [7, 11) is -0.0598. The largest absolute Gasteiger partial charge is 0.496 e. The molecule has 5 heteroatoms. The van der Waals surface area contributed by atoms with Gasteiger partial charge in [-0.15, -0.1) is 0 Å². The van der Waals surface area contributed by atoms with Crippen molar-refractivity contribution in [1.82, 2.24) is 5.32 Å². The Hall–Kier alpha value is -1.07. The van der Waals surface area contributed by atoms with Crippen LogP contribution in [0.4, 0.5) is 0 Å². The molecular formula is C10H15NO3S. The molecule has 1 aromatic rings. The first-order valence-electron chi connectivity index (χ1n) is 4.53. The number of hydrogen-bond acceptors (Lipinski definition) is 4. The first-order chi connectivity index (χ1) is 7.01. The zero-order valence-corrected chi connectivity index (χ0v) is 9.89. The van der Waals surface area contributed by atoms with Crippen molar-refractivity contribution in [1.29, 1.82) is 0 Å². The van der Waals surface area contributed by atoms with E-state index in [4.69, 9.17) is 4.74 Å². The third-order valence-electron chi connectivity index (χ3n) is 2.06. The van der Waals surface area contributed by atoms with Gasteiger partial charge in [0.25, 0.3) is 0 Å². The molecule has 0 aliphatic heterocycles. The molecule has 0 saturated heterocycles. The van der Waals surface area contributed by atoms with Crippen molar-refractivity contribution >= 4 is 9.84 Å². The van der Waals surface area contributed by atoms with Crippen LogP contribution in [-0.2, 0) is 9.84 Å². The van der Waals surface area contributed by atoms with Crippen molar-refractivity contribution in [3.8, 4) is 5.75 Å². The van der Waals surface area contributed by atoms with Gasteiger partial charge >= 0.3 is 0 Å². The number of benzene rings is 1. The minimum Gasteiger partial charge on any atom is -0.496 e. The topological polar surface area (TPSA) is 55.4 Å². The second-order valence-electron chi connectivity index (χ2n) is 3.24. The molecule has 1 aromatic carbocycles. The maximum atomic E-state index is 11.7. The Labute approximate surface area is 90.2 Å². The van der Waals surface area contributed by atoms with Gasteiger partial charge in [-0.3, -0.25) is 0 Å². The molecule has 0 radical (unpaired) electrons. The fourth-order valence-corrected chi connectivity index (χ4v) is 2.50. The minimum absolute atomic E-state index is 0.0568. The van der Waals surface area contributed by atoms with Crippen molar-refractivity contribution in [2.24, 2.45) is 0 Å². The molecule has 15 heavy (non-hydrogen) atoms. The Morgan fingerprint density at radius 2 is 2.07 bits per heavy atom. The lowest BCUT2D eigenvalue weighted by Crippen LogP contribution is -2.19. The number of nitrogens with one attached hydrogen (secondary N) is 1. The normalized spacial score (nSPS) is 11.4. The molecule has 0 aliphatic carbocycles. The predicted molar refractivity (Wildman–Crippen MR) is 58.8 cm³/mol. The van der Waals surface area contributed by atoms with Crippen LogP contribution in [0.3, 0.4) is 0 Å². The highest BCUT2D eigenvalue weighted by Gasteiger charge is 2.14. The van der Waals surface area contributed by atoms with E-state index in [0.29, 0.717) is 10.6 Å². The van der Waals surface area contributed by atoms with Crippen LogP contribution in [0.2, 0.25) is 0 Å². The molecule has 0 atom stereocenters. The number of ether oxygens (including phenoxy) is 1. The number of sulfone groups is 1. The molecule has 0 spiro atoms. The Bertz CT molecular complexity index is 440. The number of rotatable bonds is 4. The molecule has 0 aromatic heterocycles. The summed E-state index contributed by atoms with van der Waals surface area (Å²) in [5.41, 5.74) is 0.815. The Morgan fingerprint density at radius 1 is 1.40 bits per heavy atom. The van der Waals surface area contributed by atoms with E-state index in [1.807, 2.05) is 6.92 Å². The lowest BCUT2D eigenvalue weighted by Gasteiger charge is -2.07. The van der Waals surface area contributed by atoms with Crippen LogP contribution in [-0.4, -0.2) is 28.5 Å². The maximum absolute atomic E-state index is 11.7. The van der Waals surface area contributed by atoms with Crippen LogP contribution < -0.4 is 10.1 Å². The summed E-state index contributed by atoms with van der Waals surface area (Å²) in [5.74, 6) is 0.636. The third-order valence-corrected chi connectivity index (χ3v) is 3.70.